The lowest BCUT2D eigenvalue weighted by Gasteiger charge is -2.20. The Bertz CT molecular complexity index is 1570. The number of aryl methyl sites for hydroxylation is 1. The van der Waals surface area contributed by atoms with Gasteiger partial charge in [-0.05, 0) is 42.8 Å². The Balaban J connectivity index is 1.75. The van der Waals surface area contributed by atoms with Crippen LogP contribution in [0.5, 0.6) is 11.5 Å². The number of hydrogen-bond donors (Lipinski definition) is 1. The number of pyridine rings is 1. The molecular formula is C27H21F5N4O5. The summed E-state index contributed by atoms with van der Waals surface area (Å²) in [5.41, 5.74) is -1.24. The van der Waals surface area contributed by atoms with Crippen LogP contribution in [0.3, 0.4) is 0 Å². The topological polar surface area (TPSA) is 114 Å². The highest BCUT2D eigenvalue weighted by atomic mass is 19.4. The van der Waals surface area contributed by atoms with Gasteiger partial charge in [0.25, 0.3) is 11.5 Å². The van der Waals surface area contributed by atoms with Gasteiger partial charge in [-0.1, -0.05) is 0 Å². The molecule has 2 heterocycles. The molecule has 0 spiro atoms. The van der Waals surface area contributed by atoms with Crippen molar-refractivity contribution in [2.75, 3.05) is 18.6 Å². The van der Waals surface area contributed by atoms with E-state index in [-0.39, 0.29) is 23.5 Å². The quantitative estimate of drug-likeness (QED) is 0.429. The van der Waals surface area contributed by atoms with E-state index in [1.165, 1.54) is 26.3 Å². The van der Waals surface area contributed by atoms with Gasteiger partial charge in [-0.2, -0.15) is 5.26 Å². The number of anilines is 1. The molecule has 2 atom stereocenters. The van der Waals surface area contributed by atoms with Crippen molar-refractivity contribution in [1.82, 2.24) is 9.88 Å². The highest BCUT2D eigenvalue weighted by molar-refractivity contribution is 6.05. The number of nitriles is 1. The number of ether oxygens (including phenoxy) is 2. The summed E-state index contributed by atoms with van der Waals surface area (Å²) in [4.78, 5) is 40.8. The summed E-state index contributed by atoms with van der Waals surface area (Å²) >= 11 is 0. The Morgan fingerprint density at radius 1 is 1.10 bits per heavy atom. The second kappa shape index (κ2) is 11.3. The van der Waals surface area contributed by atoms with Crippen molar-refractivity contribution < 1.29 is 41.0 Å². The number of rotatable bonds is 7. The Morgan fingerprint density at radius 2 is 1.73 bits per heavy atom. The van der Waals surface area contributed by atoms with E-state index >= 15 is 8.78 Å². The first-order valence-corrected chi connectivity index (χ1v) is 11.9. The average molecular weight is 576 g/mol. The van der Waals surface area contributed by atoms with Gasteiger partial charge in [-0.25, -0.2) is 8.78 Å². The number of benzene rings is 2. The van der Waals surface area contributed by atoms with Gasteiger partial charge >= 0.3 is 6.36 Å². The molecule has 9 nitrogen and oxygen atoms in total. The van der Waals surface area contributed by atoms with E-state index in [1.807, 2.05) is 6.07 Å². The molecule has 41 heavy (non-hydrogen) atoms. The maximum Gasteiger partial charge on any atom is 0.573 e. The van der Waals surface area contributed by atoms with Gasteiger partial charge < -0.3 is 19.7 Å². The van der Waals surface area contributed by atoms with Crippen molar-refractivity contribution >= 4 is 17.5 Å². The lowest BCUT2D eigenvalue weighted by molar-refractivity contribution is -0.274. The van der Waals surface area contributed by atoms with E-state index in [4.69, 9.17) is 10.00 Å². The Kier molecular flexibility index (Phi) is 8.00. The van der Waals surface area contributed by atoms with Crippen molar-refractivity contribution in [3.8, 4) is 17.6 Å². The third kappa shape index (κ3) is 5.98. The molecule has 14 heteroatoms. The zero-order valence-corrected chi connectivity index (χ0v) is 21.5. The van der Waals surface area contributed by atoms with Crippen LogP contribution in [0.1, 0.15) is 27.4 Å². The summed E-state index contributed by atoms with van der Waals surface area (Å²) < 4.78 is 77.5. The maximum atomic E-state index is 15.2. The number of carbonyl (C=O) groups excluding carboxylic acids is 2. The highest BCUT2D eigenvalue weighted by Crippen LogP contribution is 2.36. The Morgan fingerprint density at radius 3 is 2.29 bits per heavy atom. The predicted octanol–water partition coefficient (Wildman–Crippen LogP) is 3.79. The third-order valence-corrected chi connectivity index (χ3v) is 6.46. The summed E-state index contributed by atoms with van der Waals surface area (Å²) in [5.74, 6) is -6.01. The second-order valence-corrected chi connectivity index (χ2v) is 9.02. The van der Waals surface area contributed by atoms with E-state index in [0.29, 0.717) is 5.56 Å². The molecule has 214 valence electrons. The van der Waals surface area contributed by atoms with Gasteiger partial charge in [0.15, 0.2) is 0 Å². The van der Waals surface area contributed by atoms with Gasteiger partial charge in [-0.15, -0.1) is 13.2 Å². The molecule has 0 unspecified atom stereocenters. The molecule has 1 aliphatic heterocycles. The molecule has 1 saturated heterocycles. The fraction of sp³-hybridized carbons (Fsp3) is 0.259. The van der Waals surface area contributed by atoms with E-state index in [0.717, 1.165) is 45.9 Å². The van der Waals surface area contributed by atoms with Crippen LogP contribution in [0.15, 0.2) is 53.5 Å². The first-order chi connectivity index (χ1) is 19.3. The molecule has 1 N–H and O–H groups in total. The lowest BCUT2D eigenvalue weighted by Crippen LogP contribution is -2.44. The van der Waals surface area contributed by atoms with E-state index in [1.54, 1.807) is 0 Å². The van der Waals surface area contributed by atoms with Crippen LogP contribution in [0.25, 0.3) is 0 Å². The van der Waals surface area contributed by atoms with Crippen molar-refractivity contribution in [3.05, 3.63) is 87.3 Å². The lowest BCUT2D eigenvalue weighted by atomic mass is 9.92. The molecule has 0 saturated carbocycles. The van der Waals surface area contributed by atoms with Crippen molar-refractivity contribution in [1.29, 1.82) is 5.26 Å². The molecular weight excluding hydrogens is 555 g/mol. The smallest absolute Gasteiger partial charge is 0.497 e. The standard InChI is InChI=1S/C27H21F5N4O5/c1-14-7-9-35(10-8-33)26(39)23(14)36-13-18(21-19(28)11-17(40-2)12-20(21)29)22(25(36)38)34-24(37)15-3-5-16(6-4-15)41-27(30,31)32/h3-7,9,11-12,18,22H,10,13H2,1-2H3,(H,34,37)/t18-,22-/m0/s1. The van der Waals surface area contributed by atoms with Crippen LogP contribution in [-0.2, 0) is 11.3 Å². The van der Waals surface area contributed by atoms with Crippen molar-refractivity contribution in [2.45, 2.75) is 31.8 Å². The molecule has 0 aliphatic carbocycles. The van der Waals surface area contributed by atoms with Crippen molar-refractivity contribution in [2.24, 2.45) is 0 Å². The number of aromatic nitrogens is 1. The minimum Gasteiger partial charge on any atom is -0.497 e. The summed E-state index contributed by atoms with van der Waals surface area (Å²) in [6.07, 6.45) is -3.60. The first-order valence-electron chi connectivity index (χ1n) is 11.9. The number of methoxy groups -OCH3 is 1. The van der Waals surface area contributed by atoms with Crippen LogP contribution in [0.4, 0.5) is 27.6 Å². The average Bonchev–Trinajstić information content (AvgIpc) is 3.20. The van der Waals surface area contributed by atoms with E-state index in [2.05, 4.69) is 10.1 Å². The molecule has 2 aromatic carbocycles. The number of alkyl halides is 3. The zero-order chi connectivity index (χ0) is 30.1. The monoisotopic (exact) mass is 576 g/mol. The first kappa shape index (κ1) is 29.1. The second-order valence-electron chi connectivity index (χ2n) is 9.02. The van der Waals surface area contributed by atoms with E-state index < -0.39 is 65.2 Å². The molecule has 1 aromatic heterocycles. The largest absolute Gasteiger partial charge is 0.573 e. The molecule has 0 radical (unpaired) electrons. The number of carbonyl (C=O) groups is 2. The van der Waals surface area contributed by atoms with Crippen LogP contribution in [0, 0.1) is 29.9 Å². The van der Waals surface area contributed by atoms with Crippen LogP contribution < -0.4 is 25.2 Å². The number of halogens is 5. The summed E-state index contributed by atoms with van der Waals surface area (Å²) in [6.45, 7) is 0.781. The number of nitrogens with zero attached hydrogens (tertiary/aromatic N) is 3. The highest BCUT2D eigenvalue weighted by Gasteiger charge is 2.46. The van der Waals surface area contributed by atoms with Gasteiger partial charge in [0.2, 0.25) is 5.91 Å². The van der Waals surface area contributed by atoms with Gasteiger partial charge in [-0.3, -0.25) is 19.0 Å². The third-order valence-electron chi connectivity index (χ3n) is 6.46. The minimum atomic E-state index is -4.95. The molecule has 1 aliphatic rings. The van der Waals surface area contributed by atoms with Gasteiger partial charge in [0.1, 0.15) is 41.4 Å². The Labute approximate surface area is 229 Å². The maximum absolute atomic E-state index is 15.2. The van der Waals surface area contributed by atoms with Crippen LogP contribution >= 0.6 is 0 Å². The normalized spacial score (nSPS) is 16.8. The molecule has 4 rings (SSSR count). The van der Waals surface area contributed by atoms with Crippen LogP contribution in [-0.4, -0.2) is 42.4 Å². The predicted molar refractivity (Wildman–Crippen MR) is 133 cm³/mol. The number of hydrogen-bond acceptors (Lipinski definition) is 6. The summed E-state index contributed by atoms with van der Waals surface area (Å²) in [5, 5.41) is 11.4. The fourth-order valence-corrected chi connectivity index (χ4v) is 4.60. The molecule has 1 fully saturated rings. The van der Waals surface area contributed by atoms with E-state index in [9.17, 15) is 27.6 Å². The number of nitrogens with one attached hydrogen (secondary N) is 1. The molecule has 3 aromatic rings. The van der Waals surface area contributed by atoms with Crippen molar-refractivity contribution in [3.63, 3.8) is 0 Å². The summed E-state index contributed by atoms with van der Waals surface area (Å²) in [6, 6.07) is 7.32. The molecule has 0 bridgehead atoms. The van der Waals surface area contributed by atoms with Gasteiger partial charge in [0.05, 0.1) is 13.2 Å². The molecule has 2 amide bonds. The van der Waals surface area contributed by atoms with Gasteiger partial charge in [0, 0.05) is 41.9 Å². The zero-order valence-electron chi connectivity index (χ0n) is 21.5. The SMILES string of the molecule is COc1cc(F)c([C@@H]2CN(c3c(C)ccn(CC#N)c3=O)C(=O)[C@H]2NC(=O)c2ccc(OC(F)(F)F)cc2)c(F)c1. The van der Waals surface area contributed by atoms with Crippen LogP contribution in [0.2, 0.25) is 0 Å². The summed E-state index contributed by atoms with van der Waals surface area (Å²) in [7, 11) is 1.20. The number of amides is 2. The minimum absolute atomic E-state index is 0.134. The fourth-order valence-electron chi connectivity index (χ4n) is 4.60. The Hall–Kier alpha value is -4.93.